The van der Waals surface area contributed by atoms with Gasteiger partial charge in [0, 0.05) is 87.6 Å². The summed E-state index contributed by atoms with van der Waals surface area (Å²) in [7, 11) is 6.41. The van der Waals surface area contributed by atoms with Crippen molar-refractivity contribution in [2.24, 2.45) is 4.99 Å². The van der Waals surface area contributed by atoms with E-state index in [0.29, 0.717) is 182 Å². The molecule has 4 amide bonds. The van der Waals surface area contributed by atoms with E-state index in [2.05, 4.69) is 36.6 Å². The summed E-state index contributed by atoms with van der Waals surface area (Å²) >= 11 is 0. The van der Waals surface area contributed by atoms with Crippen molar-refractivity contribution in [2.75, 3.05) is 76.1 Å². The number of aromatic amines is 2. The molecule has 0 aliphatic carbocycles. The number of amides is 4. The van der Waals surface area contributed by atoms with Crippen LogP contribution in [0.25, 0.3) is 22.3 Å². The lowest BCUT2D eigenvalue weighted by Crippen LogP contribution is -2.31. The van der Waals surface area contributed by atoms with Crippen LogP contribution in [0.1, 0.15) is 85.0 Å². The van der Waals surface area contributed by atoms with E-state index in [-0.39, 0.29) is 23.6 Å². The van der Waals surface area contributed by atoms with E-state index in [1.165, 1.54) is 0 Å². The molecule has 4 saturated heterocycles. The highest BCUT2D eigenvalue weighted by Crippen LogP contribution is 2.46. The van der Waals surface area contributed by atoms with Gasteiger partial charge in [0.2, 0.25) is 0 Å². The number of nitrogens with zero attached hydrogens (tertiary/aromatic N) is 1. The number of benzene rings is 4. The second kappa shape index (κ2) is 25.1. The zero-order valence-electron chi connectivity index (χ0n) is 49.3. The highest BCUT2D eigenvalue weighted by molar-refractivity contribution is 6.33. The summed E-state index contributed by atoms with van der Waals surface area (Å²) in [5.74, 6) is 0.720. The minimum absolute atomic E-state index is 0.320. The number of hydrogen-bond donors (Lipinski definition) is 7. The van der Waals surface area contributed by atoms with E-state index >= 15 is 0 Å². The first-order chi connectivity index (χ1) is 43.1. The molecule has 8 bridgehead atoms. The molecule has 0 radical (unpaired) electrons. The van der Waals surface area contributed by atoms with Crippen molar-refractivity contribution in [3.8, 4) is 23.0 Å². The molecule has 20 nitrogen and oxygen atoms in total. The van der Waals surface area contributed by atoms with Crippen LogP contribution in [0.5, 0.6) is 23.0 Å². The number of methoxy groups -OCH3 is 4. The van der Waals surface area contributed by atoms with E-state index in [4.69, 9.17) is 42.9 Å². The van der Waals surface area contributed by atoms with Crippen LogP contribution in [-0.2, 0) is 38.1 Å². The van der Waals surface area contributed by atoms with Gasteiger partial charge >= 0.3 is 0 Å². The molecule has 9 heterocycles. The first-order valence-corrected chi connectivity index (χ1v) is 29.8. The molecule has 4 aromatic carbocycles. The van der Waals surface area contributed by atoms with Gasteiger partial charge in [0.05, 0.1) is 79.8 Å². The Hall–Kier alpha value is -9.47. The molecule has 4 fully saturated rings. The topological polar surface area (TPSA) is 246 Å². The van der Waals surface area contributed by atoms with Gasteiger partial charge in [0.1, 0.15) is 47.4 Å². The second-order valence-corrected chi connectivity index (χ2v) is 22.2. The number of carbonyl (C=O) groups excluding carboxylic acids is 4. The van der Waals surface area contributed by atoms with Crippen molar-refractivity contribution in [1.29, 1.82) is 0 Å². The molecule has 6 aromatic rings. The molecular weight excluding hydrogens is 1120 g/mol. The van der Waals surface area contributed by atoms with E-state index in [1.54, 1.807) is 40.6 Å². The first kappa shape index (κ1) is 57.6. The molecule has 1 unspecified atom stereocenters. The molecule has 452 valence electrons. The van der Waals surface area contributed by atoms with Gasteiger partial charge in [-0.3, -0.25) is 19.2 Å². The SMILES string of the molecule is COc1cccc(OC)c1C1=C2C=CC(=N2)C(c2c(NC(=O)[C@@H]3CCCO3)cccc2NC(=O)[C@@H]2CCCO2)=c2ccc([nH]2)=C(c2c(OC)cccc2OC)C2C=CC(=C(c3c(NC(=O)[C@@H]4CCCO4)cccc3NC(=O)[C@@H]3CCCO3)c3ccc1[nH]3)N2. The molecule has 2 aromatic heterocycles. The van der Waals surface area contributed by atoms with Crippen molar-refractivity contribution in [3.05, 3.63) is 177 Å². The van der Waals surface area contributed by atoms with Crippen molar-refractivity contribution in [3.63, 3.8) is 0 Å². The number of nitrogens with one attached hydrogen (secondary N) is 7. The third-order valence-electron chi connectivity index (χ3n) is 16.9. The number of rotatable bonds is 16. The molecule has 0 spiro atoms. The van der Waals surface area contributed by atoms with Gasteiger partial charge in [-0.15, -0.1) is 0 Å². The zero-order valence-corrected chi connectivity index (χ0v) is 49.3. The quantitative estimate of drug-likeness (QED) is 0.0486. The minimum atomic E-state index is -0.686. The molecule has 20 heteroatoms. The summed E-state index contributed by atoms with van der Waals surface area (Å²) in [6.07, 6.45) is 10.3. The summed E-state index contributed by atoms with van der Waals surface area (Å²) in [5, 5.41) is 17.9. The van der Waals surface area contributed by atoms with Gasteiger partial charge in [0.15, 0.2) is 0 Å². The number of fused-ring (bicyclic) bond motifs is 7. The van der Waals surface area contributed by atoms with Gasteiger partial charge in [0.25, 0.3) is 23.6 Å². The first-order valence-electron chi connectivity index (χ1n) is 29.8. The number of anilines is 4. The molecule has 0 saturated carbocycles. The second-order valence-electron chi connectivity index (χ2n) is 22.2. The van der Waals surface area contributed by atoms with Crippen LogP contribution >= 0.6 is 0 Å². The standard InChI is InChI=1S/C68H68N8O12/c1-81-49-17-7-18-50(82-2)63(49)61-45-29-25-41(69-45)59(57-37(73-65(77)53-21-9-33-85-53)13-5-14-38(57)74-66(78)54-22-10-34-86-54)43-27-31-47(71-43)62(64-51(83-3)19-8-20-52(64)84-4)48-32-28-44(72-48)60(42-26-30-46(61)70-42)58-39(75-67(79)55-23-11-35-87-55)15-6-16-40(58)76-68(80)56-24-12-36-88-56/h5-8,13-20,25-32,45,53-56,69-71H,9-12,21-24,33-36H2,1-4H3,(H,73,77)(H,74,78)(H,75,79)(H,76,80)/t45?,53-,54-,55-,56-/m0/s1. The van der Waals surface area contributed by atoms with Gasteiger partial charge in [-0.25, -0.2) is 4.99 Å². The monoisotopic (exact) mass is 1190 g/mol. The maximum atomic E-state index is 14.3. The van der Waals surface area contributed by atoms with Gasteiger partial charge in [-0.2, -0.15) is 0 Å². The Balaban J connectivity index is 1.12. The van der Waals surface area contributed by atoms with Crippen molar-refractivity contribution >= 4 is 74.4 Å². The molecule has 13 rings (SSSR count). The van der Waals surface area contributed by atoms with Gasteiger partial charge in [-0.05, 0) is 142 Å². The lowest BCUT2D eigenvalue weighted by atomic mass is 9.95. The third kappa shape index (κ3) is 11.1. The van der Waals surface area contributed by atoms with E-state index in [9.17, 15) is 19.2 Å². The molecule has 7 aliphatic rings. The summed E-state index contributed by atoms with van der Waals surface area (Å²) in [4.78, 5) is 70.5. The lowest BCUT2D eigenvalue weighted by Gasteiger charge is -2.24. The Morgan fingerprint density at radius 2 is 0.875 bits per heavy atom. The number of aliphatic imine (C=N–C) groups is 1. The van der Waals surface area contributed by atoms with Crippen molar-refractivity contribution in [1.82, 2.24) is 15.3 Å². The van der Waals surface area contributed by atoms with Crippen LogP contribution in [0.2, 0.25) is 0 Å². The number of ether oxygens (including phenoxy) is 8. The predicted octanol–water partition coefficient (Wildman–Crippen LogP) is 8.02. The zero-order chi connectivity index (χ0) is 60.4. The summed E-state index contributed by atoms with van der Waals surface area (Å²) in [6, 6.07) is 29.2. The fourth-order valence-electron chi connectivity index (χ4n) is 12.7. The minimum Gasteiger partial charge on any atom is -0.496 e. The molecule has 88 heavy (non-hydrogen) atoms. The van der Waals surface area contributed by atoms with E-state index < -0.39 is 30.5 Å². The fourth-order valence-corrected chi connectivity index (χ4v) is 12.7. The van der Waals surface area contributed by atoms with Crippen LogP contribution in [0.3, 0.4) is 0 Å². The van der Waals surface area contributed by atoms with Crippen LogP contribution in [0.4, 0.5) is 22.7 Å². The molecule has 7 N–H and O–H groups in total. The van der Waals surface area contributed by atoms with Gasteiger partial charge < -0.3 is 74.4 Å². The average molecular weight is 1190 g/mol. The number of H-pyrrole nitrogens is 2. The van der Waals surface area contributed by atoms with Crippen LogP contribution in [0.15, 0.2) is 138 Å². The highest BCUT2D eigenvalue weighted by Gasteiger charge is 2.35. The maximum absolute atomic E-state index is 14.3. The fraction of sp³-hybridized carbons (Fsp3) is 0.309. The Morgan fingerprint density at radius 1 is 0.455 bits per heavy atom. The van der Waals surface area contributed by atoms with Crippen LogP contribution in [0, 0.1) is 0 Å². The van der Waals surface area contributed by atoms with Crippen LogP contribution in [-0.4, -0.2) is 125 Å². The van der Waals surface area contributed by atoms with Gasteiger partial charge in [-0.1, -0.05) is 30.3 Å². The number of aromatic nitrogens is 2. The smallest absolute Gasteiger partial charge is 0.253 e. The lowest BCUT2D eigenvalue weighted by molar-refractivity contribution is -0.125. The Morgan fingerprint density at radius 3 is 1.32 bits per heavy atom. The Kier molecular flexibility index (Phi) is 16.4. The molecule has 7 aliphatic heterocycles. The summed E-state index contributed by atoms with van der Waals surface area (Å²) in [6.45, 7) is 1.84. The summed E-state index contributed by atoms with van der Waals surface area (Å²) in [5.41, 5.74) is 8.93. The van der Waals surface area contributed by atoms with Crippen molar-refractivity contribution in [2.45, 2.75) is 81.8 Å². The normalized spacial score (nSPS) is 21.1. The highest BCUT2D eigenvalue weighted by atomic mass is 16.5. The molecule has 5 atom stereocenters. The Labute approximate surface area is 507 Å². The number of allylic oxidation sites excluding steroid dienone is 3. The number of hydrogen-bond acceptors (Lipinski definition) is 14. The average Bonchev–Trinajstić information content (AvgIpc) is 2.89. The molecular formula is C68H68N8O12. The predicted molar refractivity (Wildman–Crippen MR) is 333 cm³/mol. The van der Waals surface area contributed by atoms with Crippen molar-refractivity contribution < 1.29 is 57.1 Å². The van der Waals surface area contributed by atoms with E-state index in [0.717, 1.165) is 25.7 Å². The third-order valence-corrected chi connectivity index (χ3v) is 16.9. The Bertz CT molecular complexity index is 3910. The summed E-state index contributed by atoms with van der Waals surface area (Å²) < 4.78 is 48.4. The maximum Gasteiger partial charge on any atom is 0.253 e. The van der Waals surface area contributed by atoms with E-state index in [1.807, 2.05) is 109 Å². The van der Waals surface area contributed by atoms with Crippen LogP contribution < -0.4 is 56.2 Å². The largest absolute Gasteiger partial charge is 0.496 e. The number of carbonyl (C=O) groups is 4.